The molecule has 4 nitrogen and oxygen atoms in total. The van der Waals surface area contributed by atoms with Gasteiger partial charge in [0.2, 0.25) is 11.8 Å². The van der Waals surface area contributed by atoms with E-state index in [4.69, 9.17) is 0 Å². The molecule has 0 saturated heterocycles. The monoisotopic (exact) mass is 326 g/mol. The number of hydrogen-bond acceptors (Lipinski definition) is 2. The number of nitrogens with one attached hydrogen (secondary N) is 1. The van der Waals surface area contributed by atoms with Crippen molar-refractivity contribution in [3.8, 4) is 0 Å². The molecule has 124 valence electrons. The van der Waals surface area contributed by atoms with Gasteiger partial charge in [0.15, 0.2) is 0 Å². The van der Waals surface area contributed by atoms with Gasteiger partial charge in [-0.15, -0.1) is 0 Å². The first-order valence-corrected chi connectivity index (χ1v) is 8.03. The molecule has 2 aromatic rings. The van der Waals surface area contributed by atoms with Gasteiger partial charge in [0.05, 0.1) is 6.42 Å². The summed E-state index contributed by atoms with van der Waals surface area (Å²) in [7, 11) is 0. The van der Waals surface area contributed by atoms with Crippen LogP contribution in [0.5, 0.6) is 0 Å². The van der Waals surface area contributed by atoms with Crippen molar-refractivity contribution in [2.45, 2.75) is 19.3 Å². The Morgan fingerprint density at radius 3 is 2.79 bits per heavy atom. The van der Waals surface area contributed by atoms with Crippen molar-refractivity contribution >= 4 is 17.5 Å². The first-order valence-electron chi connectivity index (χ1n) is 8.03. The number of anilines is 1. The third-order valence-corrected chi connectivity index (χ3v) is 4.10. The van der Waals surface area contributed by atoms with Crippen molar-refractivity contribution in [3.05, 3.63) is 65.5 Å². The zero-order chi connectivity index (χ0) is 16.9. The van der Waals surface area contributed by atoms with Crippen molar-refractivity contribution in [1.82, 2.24) is 5.32 Å². The van der Waals surface area contributed by atoms with E-state index in [-0.39, 0.29) is 24.1 Å². The van der Waals surface area contributed by atoms with Crippen LogP contribution in [0.4, 0.5) is 10.1 Å². The van der Waals surface area contributed by atoms with E-state index < -0.39 is 0 Å². The van der Waals surface area contributed by atoms with Crippen LogP contribution in [0, 0.1) is 5.82 Å². The lowest BCUT2D eigenvalue weighted by molar-refractivity contribution is -0.121. The molecule has 0 saturated carbocycles. The van der Waals surface area contributed by atoms with Gasteiger partial charge in [-0.2, -0.15) is 0 Å². The van der Waals surface area contributed by atoms with Crippen LogP contribution in [0.25, 0.3) is 0 Å². The lowest BCUT2D eigenvalue weighted by Crippen LogP contribution is -2.41. The molecule has 3 rings (SSSR count). The van der Waals surface area contributed by atoms with E-state index in [0.29, 0.717) is 25.1 Å². The fraction of sp³-hybridized carbons (Fsp3) is 0.263. The average Bonchev–Trinajstić information content (AvgIpc) is 2.57. The normalized spacial score (nSPS) is 13.5. The van der Waals surface area contributed by atoms with Gasteiger partial charge in [0.25, 0.3) is 0 Å². The number of fused-ring (bicyclic) bond motifs is 1. The molecule has 0 radical (unpaired) electrons. The molecule has 0 bridgehead atoms. The second-order valence-corrected chi connectivity index (χ2v) is 5.83. The molecule has 0 atom stereocenters. The van der Waals surface area contributed by atoms with Crippen LogP contribution >= 0.6 is 0 Å². The molecular formula is C19H19FN2O2. The molecular weight excluding hydrogens is 307 g/mol. The van der Waals surface area contributed by atoms with Gasteiger partial charge in [-0.1, -0.05) is 30.3 Å². The van der Waals surface area contributed by atoms with E-state index in [1.165, 1.54) is 12.1 Å². The highest BCUT2D eigenvalue weighted by Gasteiger charge is 2.23. The van der Waals surface area contributed by atoms with Crippen LogP contribution in [-0.2, 0) is 22.4 Å². The van der Waals surface area contributed by atoms with Gasteiger partial charge >= 0.3 is 0 Å². The van der Waals surface area contributed by atoms with Gasteiger partial charge < -0.3 is 10.2 Å². The molecule has 0 spiro atoms. The molecule has 1 aliphatic rings. The summed E-state index contributed by atoms with van der Waals surface area (Å²) in [6.45, 7) is 0.805. The molecule has 2 aromatic carbocycles. The van der Waals surface area contributed by atoms with Crippen molar-refractivity contribution < 1.29 is 14.0 Å². The number of amides is 2. The molecule has 0 fully saturated rings. The maximum atomic E-state index is 13.1. The van der Waals surface area contributed by atoms with Crippen LogP contribution in [0.1, 0.15) is 17.5 Å². The first-order chi connectivity index (χ1) is 11.6. The number of carbonyl (C=O) groups excluding carboxylic acids is 2. The Kier molecular flexibility index (Phi) is 4.89. The van der Waals surface area contributed by atoms with Crippen molar-refractivity contribution in [2.24, 2.45) is 0 Å². The molecule has 1 heterocycles. The number of nitrogens with zero attached hydrogens (tertiary/aromatic N) is 1. The van der Waals surface area contributed by atoms with E-state index >= 15 is 0 Å². The average molecular weight is 326 g/mol. The van der Waals surface area contributed by atoms with Crippen LogP contribution in [0.15, 0.2) is 48.5 Å². The molecule has 1 N–H and O–H groups in total. The number of carbonyl (C=O) groups is 2. The minimum Gasteiger partial charge on any atom is -0.354 e. The second-order valence-electron chi connectivity index (χ2n) is 5.83. The predicted octanol–water partition coefficient (Wildman–Crippen LogP) is 2.46. The molecule has 5 heteroatoms. The third kappa shape index (κ3) is 3.79. The molecule has 2 amide bonds. The van der Waals surface area contributed by atoms with Crippen LogP contribution in [0.2, 0.25) is 0 Å². The SMILES string of the molecule is O=C(Cc1cccc(F)c1)NCCN1C(=O)CCc2ccccc21. The fourth-order valence-electron chi connectivity index (χ4n) is 2.94. The Morgan fingerprint density at radius 2 is 1.96 bits per heavy atom. The van der Waals surface area contributed by atoms with Crippen molar-refractivity contribution in [1.29, 1.82) is 0 Å². The van der Waals surface area contributed by atoms with Gasteiger partial charge in [0, 0.05) is 25.2 Å². The third-order valence-electron chi connectivity index (χ3n) is 4.10. The summed E-state index contributed by atoms with van der Waals surface area (Å²) in [6, 6.07) is 13.8. The summed E-state index contributed by atoms with van der Waals surface area (Å²) in [5.41, 5.74) is 2.71. The Morgan fingerprint density at radius 1 is 1.12 bits per heavy atom. The number of aryl methyl sites for hydroxylation is 1. The zero-order valence-corrected chi connectivity index (χ0v) is 13.3. The van der Waals surface area contributed by atoms with E-state index in [0.717, 1.165) is 17.7 Å². The topological polar surface area (TPSA) is 49.4 Å². The van der Waals surface area contributed by atoms with E-state index in [2.05, 4.69) is 5.32 Å². The smallest absolute Gasteiger partial charge is 0.227 e. The quantitative estimate of drug-likeness (QED) is 0.917. The van der Waals surface area contributed by atoms with E-state index in [1.54, 1.807) is 17.0 Å². The minimum atomic E-state index is -0.351. The van der Waals surface area contributed by atoms with E-state index in [9.17, 15) is 14.0 Å². The summed E-state index contributed by atoms with van der Waals surface area (Å²) in [5.74, 6) is -0.456. The number of benzene rings is 2. The lowest BCUT2D eigenvalue weighted by Gasteiger charge is -2.29. The second kappa shape index (κ2) is 7.25. The number of para-hydroxylation sites is 1. The van der Waals surface area contributed by atoms with E-state index in [1.807, 2.05) is 24.3 Å². The van der Waals surface area contributed by atoms with Gasteiger partial charge in [0.1, 0.15) is 5.82 Å². The summed E-state index contributed by atoms with van der Waals surface area (Å²) < 4.78 is 13.1. The molecule has 0 aliphatic carbocycles. The number of rotatable bonds is 5. The zero-order valence-electron chi connectivity index (χ0n) is 13.3. The van der Waals surface area contributed by atoms with Crippen LogP contribution < -0.4 is 10.2 Å². The predicted molar refractivity (Wildman–Crippen MR) is 90.2 cm³/mol. The standard InChI is InChI=1S/C19H19FN2O2/c20-16-6-3-4-14(12-16)13-18(23)21-10-11-22-17-7-2-1-5-15(17)8-9-19(22)24/h1-7,12H,8-11,13H2,(H,21,23). The maximum absolute atomic E-state index is 13.1. The summed E-state index contributed by atoms with van der Waals surface area (Å²) >= 11 is 0. The summed E-state index contributed by atoms with van der Waals surface area (Å²) in [5, 5.41) is 2.79. The Bertz CT molecular complexity index is 761. The van der Waals surface area contributed by atoms with Crippen LogP contribution in [-0.4, -0.2) is 24.9 Å². The fourth-order valence-corrected chi connectivity index (χ4v) is 2.94. The largest absolute Gasteiger partial charge is 0.354 e. The van der Waals surface area contributed by atoms with Gasteiger partial charge in [-0.05, 0) is 35.7 Å². The summed E-state index contributed by atoms with van der Waals surface area (Å²) in [6.07, 6.45) is 1.38. The Hall–Kier alpha value is -2.69. The summed E-state index contributed by atoms with van der Waals surface area (Å²) in [4.78, 5) is 25.8. The van der Waals surface area contributed by atoms with Gasteiger partial charge in [-0.25, -0.2) is 4.39 Å². The molecule has 1 aliphatic heterocycles. The molecule has 0 aromatic heterocycles. The maximum Gasteiger partial charge on any atom is 0.227 e. The number of halogens is 1. The van der Waals surface area contributed by atoms with Crippen LogP contribution in [0.3, 0.4) is 0 Å². The molecule has 0 unspecified atom stereocenters. The lowest BCUT2D eigenvalue weighted by atomic mass is 10.0. The van der Waals surface area contributed by atoms with Crippen molar-refractivity contribution in [2.75, 3.05) is 18.0 Å². The Balaban J connectivity index is 1.54. The number of hydrogen-bond donors (Lipinski definition) is 1. The highest BCUT2D eigenvalue weighted by atomic mass is 19.1. The highest BCUT2D eigenvalue weighted by molar-refractivity contribution is 5.96. The van der Waals surface area contributed by atoms with Gasteiger partial charge in [-0.3, -0.25) is 9.59 Å². The molecule has 24 heavy (non-hydrogen) atoms. The Labute approximate surface area is 140 Å². The van der Waals surface area contributed by atoms with Crippen molar-refractivity contribution in [3.63, 3.8) is 0 Å². The highest BCUT2D eigenvalue weighted by Crippen LogP contribution is 2.26. The minimum absolute atomic E-state index is 0.0769. The first kappa shape index (κ1) is 16.2.